The van der Waals surface area contributed by atoms with Gasteiger partial charge >= 0.3 is 7.12 Å². The van der Waals surface area contributed by atoms with Crippen LogP contribution in [0.1, 0.15) is 0 Å². The Morgan fingerprint density at radius 3 is 2.77 bits per heavy atom. The Bertz CT molecular complexity index is 384. The summed E-state index contributed by atoms with van der Waals surface area (Å²) in [5, 5.41) is 20.1. The number of furan rings is 1. The molecule has 0 aromatic carbocycles. The molecule has 0 aliphatic carbocycles. The number of hydrogen-bond acceptors (Lipinski definition) is 5. The van der Waals surface area contributed by atoms with Crippen molar-refractivity contribution in [2.75, 3.05) is 0 Å². The first kappa shape index (κ1) is 8.49. The molecule has 2 N–H and O–H groups in total. The molecule has 66 valence electrons. The summed E-state index contributed by atoms with van der Waals surface area (Å²) in [6, 6.07) is 3.18. The summed E-state index contributed by atoms with van der Waals surface area (Å²) >= 11 is 1.43. The Hall–Kier alpha value is -1.11. The molecule has 0 radical (unpaired) electrons. The average Bonchev–Trinajstić information content (AvgIpc) is 2.75. The first-order valence-electron chi connectivity index (χ1n) is 3.63. The van der Waals surface area contributed by atoms with E-state index in [9.17, 15) is 0 Å². The van der Waals surface area contributed by atoms with Crippen LogP contribution in [0.4, 0.5) is 0 Å². The lowest BCUT2D eigenvalue weighted by Crippen LogP contribution is -2.27. The highest BCUT2D eigenvalue weighted by Gasteiger charge is 2.17. The van der Waals surface area contributed by atoms with Crippen LogP contribution in [0.2, 0.25) is 0 Å². The second-order valence-electron chi connectivity index (χ2n) is 2.41. The molecule has 0 aliphatic heterocycles. The van der Waals surface area contributed by atoms with E-state index >= 15 is 0 Å². The van der Waals surface area contributed by atoms with Crippen molar-refractivity contribution in [2.24, 2.45) is 0 Å². The van der Waals surface area contributed by atoms with Gasteiger partial charge in [0.1, 0.15) is 5.66 Å². The molecule has 0 fully saturated rings. The second-order valence-corrected chi connectivity index (χ2v) is 3.31. The van der Waals surface area contributed by atoms with Gasteiger partial charge in [-0.2, -0.15) is 0 Å². The van der Waals surface area contributed by atoms with Crippen LogP contribution in [0.15, 0.2) is 28.1 Å². The van der Waals surface area contributed by atoms with Crippen LogP contribution in [-0.4, -0.2) is 22.2 Å². The van der Waals surface area contributed by atoms with Crippen molar-refractivity contribution in [3.05, 3.63) is 23.7 Å². The second kappa shape index (κ2) is 3.33. The van der Waals surface area contributed by atoms with E-state index < -0.39 is 7.12 Å². The molecule has 0 saturated carbocycles. The molecule has 2 aromatic heterocycles. The normalized spacial score (nSPS) is 10.3. The van der Waals surface area contributed by atoms with Crippen molar-refractivity contribution in [2.45, 2.75) is 0 Å². The molecule has 0 unspecified atom stereocenters. The van der Waals surface area contributed by atoms with Gasteiger partial charge in [0, 0.05) is 11.6 Å². The predicted octanol–water partition coefficient (Wildman–Crippen LogP) is 0.0829. The fourth-order valence-electron chi connectivity index (χ4n) is 0.952. The molecular formula is C7H6BNO3S. The van der Waals surface area contributed by atoms with E-state index in [1.165, 1.54) is 17.4 Å². The van der Waals surface area contributed by atoms with Gasteiger partial charge in [-0.1, -0.05) is 0 Å². The maximum Gasteiger partial charge on any atom is 0.526 e. The highest BCUT2D eigenvalue weighted by Crippen LogP contribution is 2.20. The molecule has 0 saturated heterocycles. The van der Waals surface area contributed by atoms with E-state index in [1.54, 1.807) is 12.3 Å². The largest absolute Gasteiger partial charge is 0.526 e. The van der Waals surface area contributed by atoms with Gasteiger partial charge in [0.25, 0.3) is 0 Å². The molecule has 0 aliphatic rings. The van der Waals surface area contributed by atoms with Gasteiger partial charge in [-0.3, -0.25) is 0 Å². The fourth-order valence-corrected chi connectivity index (χ4v) is 1.55. The highest BCUT2D eigenvalue weighted by atomic mass is 32.1. The van der Waals surface area contributed by atoms with E-state index in [2.05, 4.69) is 4.98 Å². The minimum atomic E-state index is -1.56. The maximum atomic E-state index is 8.78. The van der Waals surface area contributed by atoms with Gasteiger partial charge in [0.2, 0.25) is 0 Å². The summed E-state index contributed by atoms with van der Waals surface area (Å²) in [5.74, 6) is 0.554. The molecule has 0 bridgehead atoms. The minimum absolute atomic E-state index is 0.130. The lowest BCUT2D eigenvalue weighted by molar-refractivity contribution is 0.410. The molecule has 6 heteroatoms. The first-order valence-corrected chi connectivity index (χ1v) is 4.51. The summed E-state index contributed by atoms with van der Waals surface area (Å²) in [6.45, 7) is 0. The van der Waals surface area contributed by atoms with E-state index in [4.69, 9.17) is 14.5 Å². The van der Waals surface area contributed by atoms with Gasteiger partial charge in [0.05, 0.1) is 0 Å². The van der Waals surface area contributed by atoms with Gasteiger partial charge in [0.15, 0.2) is 10.8 Å². The van der Waals surface area contributed by atoms with E-state index in [0.717, 1.165) is 5.01 Å². The third-order valence-electron chi connectivity index (χ3n) is 1.52. The Kier molecular flexibility index (Phi) is 2.18. The quantitative estimate of drug-likeness (QED) is 0.666. The van der Waals surface area contributed by atoms with Gasteiger partial charge in [-0.25, -0.2) is 4.98 Å². The Balaban J connectivity index is 2.33. The predicted molar refractivity (Wildman–Crippen MR) is 49.6 cm³/mol. The van der Waals surface area contributed by atoms with Gasteiger partial charge < -0.3 is 14.5 Å². The SMILES string of the molecule is OB(O)c1ccc(-c2nccs2)o1. The highest BCUT2D eigenvalue weighted by molar-refractivity contribution is 7.13. The molecule has 0 spiro atoms. The number of hydrogen-bond donors (Lipinski definition) is 2. The molecule has 2 rings (SSSR count). The minimum Gasteiger partial charge on any atom is -0.462 e. The van der Waals surface area contributed by atoms with E-state index in [-0.39, 0.29) is 5.66 Å². The van der Waals surface area contributed by atoms with Crippen molar-refractivity contribution in [1.82, 2.24) is 4.98 Å². The number of nitrogens with zero attached hydrogens (tertiary/aromatic N) is 1. The summed E-state index contributed by atoms with van der Waals surface area (Å²) in [6.07, 6.45) is 1.66. The topological polar surface area (TPSA) is 66.5 Å². The Morgan fingerprint density at radius 2 is 2.23 bits per heavy atom. The summed E-state index contributed by atoms with van der Waals surface area (Å²) in [5.41, 5.74) is 0.130. The van der Waals surface area contributed by atoms with Crippen LogP contribution >= 0.6 is 11.3 Å². The molecule has 4 nitrogen and oxygen atoms in total. The van der Waals surface area contributed by atoms with Crippen molar-refractivity contribution >= 4 is 24.1 Å². The summed E-state index contributed by atoms with van der Waals surface area (Å²) < 4.78 is 5.14. The van der Waals surface area contributed by atoms with E-state index in [1.807, 2.05) is 5.38 Å². The van der Waals surface area contributed by atoms with Gasteiger partial charge in [-0.05, 0) is 12.1 Å². The van der Waals surface area contributed by atoms with Gasteiger partial charge in [-0.15, -0.1) is 11.3 Å². The van der Waals surface area contributed by atoms with Crippen LogP contribution in [-0.2, 0) is 0 Å². The van der Waals surface area contributed by atoms with Crippen LogP contribution in [0.5, 0.6) is 0 Å². The van der Waals surface area contributed by atoms with Crippen molar-refractivity contribution in [3.8, 4) is 10.8 Å². The lowest BCUT2D eigenvalue weighted by atomic mass is 9.88. The molecule has 0 atom stereocenters. The zero-order chi connectivity index (χ0) is 9.26. The van der Waals surface area contributed by atoms with E-state index in [0.29, 0.717) is 5.76 Å². The van der Waals surface area contributed by atoms with Crippen molar-refractivity contribution in [1.29, 1.82) is 0 Å². The number of aromatic nitrogens is 1. The van der Waals surface area contributed by atoms with Crippen LogP contribution < -0.4 is 5.66 Å². The summed E-state index contributed by atoms with van der Waals surface area (Å²) in [4.78, 5) is 4.02. The zero-order valence-corrected chi connectivity index (χ0v) is 7.36. The fraction of sp³-hybridized carbons (Fsp3) is 0. The number of thiazole rings is 1. The maximum absolute atomic E-state index is 8.78. The van der Waals surface area contributed by atoms with Crippen LogP contribution in [0.25, 0.3) is 10.8 Å². The lowest BCUT2D eigenvalue weighted by Gasteiger charge is -1.91. The monoisotopic (exact) mass is 195 g/mol. The first-order chi connectivity index (χ1) is 6.27. The molecule has 2 heterocycles. The Labute approximate surface area is 78.6 Å². The molecule has 0 amide bonds. The molecule has 2 aromatic rings. The van der Waals surface area contributed by atoms with Crippen LogP contribution in [0, 0.1) is 0 Å². The molecular weight excluding hydrogens is 189 g/mol. The Morgan fingerprint density at radius 1 is 1.38 bits per heavy atom. The third-order valence-corrected chi connectivity index (χ3v) is 2.31. The smallest absolute Gasteiger partial charge is 0.462 e. The third kappa shape index (κ3) is 1.64. The standard InChI is InChI=1S/C7H6BNO3S/c10-8(11)6-2-1-5(12-6)7-9-3-4-13-7/h1-4,10-11H. The summed E-state index contributed by atoms with van der Waals surface area (Å²) in [7, 11) is -1.56. The average molecular weight is 195 g/mol. The number of rotatable bonds is 2. The zero-order valence-electron chi connectivity index (χ0n) is 6.54. The van der Waals surface area contributed by atoms with Crippen molar-refractivity contribution < 1.29 is 14.5 Å². The molecule has 13 heavy (non-hydrogen) atoms. The van der Waals surface area contributed by atoms with Crippen LogP contribution in [0.3, 0.4) is 0 Å². The van der Waals surface area contributed by atoms with Crippen molar-refractivity contribution in [3.63, 3.8) is 0 Å².